The summed E-state index contributed by atoms with van der Waals surface area (Å²) in [4.78, 5) is 21.6. The third kappa shape index (κ3) is 77.3. The molecule has 0 heterocycles. The molecule has 0 amide bonds. The third-order valence-corrected chi connectivity index (χ3v) is 0. The fourth-order valence-corrected chi connectivity index (χ4v) is 0. The zero-order valence-corrected chi connectivity index (χ0v) is 8.21. The zero-order valence-electron chi connectivity index (χ0n) is 6.90. The fraction of sp³-hybridized carbons (Fsp3) is 0. The second kappa shape index (κ2) is 6.00. The summed E-state index contributed by atoms with van der Waals surface area (Å²) < 4.78 is 8.88. The summed E-state index contributed by atoms with van der Waals surface area (Å²) in [5, 5.41) is 0. The Balaban J connectivity index is -0.00000000800. The summed E-state index contributed by atoms with van der Waals surface area (Å²) in [7, 11) is -4.64. The summed E-state index contributed by atoms with van der Waals surface area (Å²) in [6.07, 6.45) is 0. The van der Waals surface area contributed by atoms with Crippen molar-refractivity contribution in [3.05, 3.63) is 0 Å². The molecule has 3 N–H and O–H groups in total. The molecule has 0 aromatic rings. The van der Waals surface area contributed by atoms with E-state index in [4.69, 9.17) is 19.2 Å². The van der Waals surface area contributed by atoms with E-state index in [0.29, 0.717) is 0 Å². The van der Waals surface area contributed by atoms with Crippen LogP contribution in [0.3, 0.4) is 0 Å². The summed E-state index contributed by atoms with van der Waals surface area (Å²) in [5.41, 5.74) is 0. The standard InChI is InChI=1S/Mg.Na.H3O4P.3H/c;;1-5(2,3)4;;;/h;;(H3,1,2,3,4);;;/q+2;+1;;3*-1. The minimum Gasteiger partial charge on any atom is -1.00 e. The second-order valence-electron chi connectivity index (χ2n) is 0.513. The Morgan fingerprint density at radius 3 is 1.29 bits per heavy atom. The van der Waals surface area contributed by atoms with Crippen LogP contribution >= 0.6 is 7.82 Å². The van der Waals surface area contributed by atoms with Gasteiger partial charge in [-0.25, -0.2) is 4.57 Å². The monoisotopic (exact) mass is 148 g/mol. The second-order valence-corrected chi connectivity index (χ2v) is 1.54. The normalized spacial score (nSPS) is 8.43. The largest absolute Gasteiger partial charge is 2.00 e. The Kier molecular flexibility index (Phi) is 13.7. The molecule has 0 atom stereocenters. The Hall–Kier alpha value is 1.88. The quantitative estimate of drug-likeness (QED) is 0.242. The molecule has 0 aliphatic rings. The van der Waals surface area contributed by atoms with E-state index in [0.717, 1.165) is 0 Å². The van der Waals surface area contributed by atoms with Crippen molar-refractivity contribution in [2.24, 2.45) is 0 Å². The van der Waals surface area contributed by atoms with Gasteiger partial charge in [0.1, 0.15) is 0 Å². The van der Waals surface area contributed by atoms with Crippen LogP contribution in [0.4, 0.5) is 0 Å². The van der Waals surface area contributed by atoms with E-state index in [1.807, 2.05) is 0 Å². The molecular formula is H6MgNaO4P. The first-order valence-electron chi connectivity index (χ1n) is 0.783. The predicted molar refractivity (Wildman–Crippen MR) is 23.4 cm³/mol. The molecule has 0 aliphatic heterocycles. The SMILES string of the molecule is O=P(O)(O)O.[H-].[H-].[H-].[Mg+2].[Na+]. The van der Waals surface area contributed by atoms with Crippen LogP contribution in [0.5, 0.6) is 0 Å². The van der Waals surface area contributed by atoms with Crippen LogP contribution in [0.15, 0.2) is 0 Å². The molecule has 0 aromatic heterocycles. The van der Waals surface area contributed by atoms with Gasteiger partial charge in [-0.2, -0.15) is 0 Å². The summed E-state index contributed by atoms with van der Waals surface area (Å²) >= 11 is 0. The first-order valence-corrected chi connectivity index (χ1v) is 2.35. The maximum atomic E-state index is 8.88. The Bertz CT molecular complexity index is 66.6. The van der Waals surface area contributed by atoms with E-state index in [-0.39, 0.29) is 56.9 Å². The molecule has 7 heavy (non-hydrogen) atoms. The van der Waals surface area contributed by atoms with Crippen molar-refractivity contribution in [2.75, 3.05) is 0 Å². The van der Waals surface area contributed by atoms with Gasteiger partial charge in [0.2, 0.25) is 0 Å². The van der Waals surface area contributed by atoms with Gasteiger partial charge in [-0.05, 0) is 0 Å². The number of hydrogen-bond acceptors (Lipinski definition) is 1. The number of phosphoric acid groups is 1. The van der Waals surface area contributed by atoms with E-state index in [1.165, 1.54) is 0 Å². The predicted octanol–water partition coefficient (Wildman–Crippen LogP) is -3.97. The van der Waals surface area contributed by atoms with E-state index in [1.54, 1.807) is 0 Å². The summed E-state index contributed by atoms with van der Waals surface area (Å²) in [5.74, 6) is 0. The average Bonchev–Trinajstić information content (AvgIpc) is 0.722. The molecule has 0 spiro atoms. The Labute approximate surface area is 83.4 Å². The van der Waals surface area contributed by atoms with Crippen LogP contribution in [-0.2, 0) is 4.57 Å². The van der Waals surface area contributed by atoms with Crippen molar-refractivity contribution in [2.45, 2.75) is 0 Å². The molecule has 0 radical (unpaired) electrons. The molecule has 7 heteroatoms. The minimum absolute atomic E-state index is 0. The molecule has 0 unspecified atom stereocenters. The smallest absolute Gasteiger partial charge is 1.00 e. The van der Waals surface area contributed by atoms with Gasteiger partial charge >= 0.3 is 60.4 Å². The Morgan fingerprint density at radius 2 is 1.29 bits per heavy atom. The minimum atomic E-state index is -4.64. The van der Waals surface area contributed by atoms with Gasteiger partial charge in [-0.1, -0.05) is 0 Å². The van der Waals surface area contributed by atoms with Crippen molar-refractivity contribution < 1.29 is 53.1 Å². The van der Waals surface area contributed by atoms with Crippen LogP contribution in [-0.4, -0.2) is 37.7 Å². The van der Waals surface area contributed by atoms with Gasteiger partial charge in [0.15, 0.2) is 0 Å². The van der Waals surface area contributed by atoms with Crippen LogP contribution in [0.1, 0.15) is 4.28 Å². The average molecular weight is 148 g/mol. The van der Waals surface area contributed by atoms with Crippen molar-refractivity contribution in [1.29, 1.82) is 0 Å². The molecule has 0 rings (SSSR count). The third-order valence-electron chi connectivity index (χ3n) is 0. The summed E-state index contributed by atoms with van der Waals surface area (Å²) in [6, 6.07) is 0. The van der Waals surface area contributed by atoms with Crippen LogP contribution < -0.4 is 29.6 Å². The molecule has 0 saturated heterocycles. The van der Waals surface area contributed by atoms with Crippen LogP contribution in [0.2, 0.25) is 0 Å². The Morgan fingerprint density at radius 1 is 1.29 bits per heavy atom. The van der Waals surface area contributed by atoms with Crippen molar-refractivity contribution in [3.63, 3.8) is 0 Å². The number of hydrogen-bond donors (Lipinski definition) is 3. The molecule has 0 aromatic carbocycles. The maximum absolute atomic E-state index is 8.88. The van der Waals surface area contributed by atoms with Crippen LogP contribution in [0, 0.1) is 0 Å². The van der Waals surface area contributed by atoms with E-state index in [2.05, 4.69) is 0 Å². The van der Waals surface area contributed by atoms with E-state index >= 15 is 0 Å². The zero-order chi connectivity index (χ0) is 4.50. The van der Waals surface area contributed by atoms with Gasteiger partial charge in [0.25, 0.3) is 0 Å². The molecular weight excluding hydrogens is 142 g/mol. The topological polar surface area (TPSA) is 77.8 Å². The molecule has 38 valence electrons. The van der Waals surface area contributed by atoms with Crippen molar-refractivity contribution in [3.8, 4) is 0 Å². The van der Waals surface area contributed by atoms with Crippen LogP contribution in [0.25, 0.3) is 0 Å². The van der Waals surface area contributed by atoms with E-state index in [9.17, 15) is 0 Å². The maximum Gasteiger partial charge on any atom is 2.00 e. The van der Waals surface area contributed by atoms with Gasteiger partial charge < -0.3 is 19.0 Å². The van der Waals surface area contributed by atoms with Gasteiger partial charge in [-0.3, -0.25) is 0 Å². The molecule has 4 nitrogen and oxygen atoms in total. The van der Waals surface area contributed by atoms with Crippen molar-refractivity contribution >= 4 is 30.9 Å². The van der Waals surface area contributed by atoms with Gasteiger partial charge in [-0.15, -0.1) is 0 Å². The molecule has 0 aliphatic carbocycles. The van der Waals surface area contributed by atoms with Gasteiger partial charge in [0, 0.05) is 0 Å². The van der Waals surface area contributed by atoms with Crippen molar-refractivity contribution in [1.82, 2.24) is 0 Å². The summed E-state index contributed by atoms with van der Waals surface area (Å²) in [6.45, 7) is 0. The van der Waals surface area contributed by atoms with E-state index < -0.39 is 7.82 Å². The molecule has 0 fully saturated rings. The first kappa shape index (κ1) is 15.9. The number of rotatable bonds is 0. The first-order chi connectivity index (χ1) is 2.00. The van der Waals surface area contributed by atoms with Gasteiger partial charge in [0.05, 0.1) is 0 Å². The molecule has 0 bridgehead atoms. The fourth-order valence-electron chi connectivity index (χ4n) is 0. The molecule has 0 saturated carbocycles.